The first-order chi connectivity index (χ1) is 19.7. The molecule has 2 aromatic carbocycles. The Bertz CT molecular complexity index is 1600. The highest BCUT2D eigenvalue weighted by Crippen LogP contribution is 2.29. The molecular weight excluding hydrogens is 623 g/mol. The smallest absolute Gasteiger partial charge is 0.283 e. The number of piperazine rings is 1. The van der Waals surface area contributed by atoms with Gasteiger partial charge in [0.15, 0.2) is 5.01 Å². The molecule has 11 nitrogen and oxygen atoms in total. The maximum atomic E-state index is 13.8. The Hall–Kier alpha value is -2.36. The highest BCUT2D eigenvalue weighted by Gasteiger charge is 2.41. The van der Waals surface area contributed by atoms with Crippen molar-refractivity contribution in [2.45, 2.75) is 36.9 Å². The highest BCUT2D eigenvalue weighted by atomic mass is 35.5. The van der Waals surface area contributed by atoms with Gasteiger partial charge in [-0.2, -0.15) is 4.31 Å². The number of amides is 2. The zero-order valence-electron chi connectivity index (χ0n) is 22.9. The van der Waals surface area contributed by atoms with Crippen LogP contribution in [0.5, 0.6) is 0 Å². The minimum Gasteiger partial charge on any atom is -0.379 e. The first kappa shape index (κ1) is 31.1. The minimum atomic E-state index is -3.96. The summed E-state index contributed by atoms with van der Waals surface area (Å²) >= 11 is 7.42. The topological polar surface area (TPSA) is 124 Å². The van der Waals surface area contributed by atoms with Crippen molar-refractivity contribution >= 4 is 68.0 Å². The maximum absolute atomic E-state index is 13.8. The van der Waals surface area contributed by atoms with Crippen molar-refractivity contribution in [2.24, 2.45) is 0 Å². The average Bonchev–Trinajstić information content (AvgIpc) is 3.40. The zero-order valence-corrected chi connectivity index (χ0v) is 26.1. The molecule has 2 amide bonds. The fourth-order valence-corrected chi connectivity index (χ4v) is 8.03. The molecule has 2 saturated heterocycles. The van der Waals surface area contributed by atoms with Crippen molar-refractivity contribution in [2.75, 3.05) is 45.9 Å². The Kier molecular flexibility index (Phi) is 9.40. The molecule has 4 heterocycles. The van der Waals surface area contributed by atoms with Crippen molar-refractivity contribution in [1.29, 1.82) is 0 Å². The van der Waals surface area contributed by atoms with Gasteiger partial charge in [-0.25, -0.2) is 18.4 Å². The van der Waals surface area contributed by atoms with Crippen molar-refractivity contribution in [3.63, 3.8) is 0 Å². The molecular formula is C27H32Cl2N6O5S2. The van der Waals surface area contributed by atoms with Crippen molar-refractivity contribution < 1.29 is 22.7 Å². The number of hydrogen-bond acceptors (Lipinski definition) is 9. The van der Waals surface area contributed by atoms with E-state index in [0.29, 0.717) is 42.9 Å². The van der Waals surface area contributed by atoms with E-state index in [1.807, 2.05) is 0 Å². The lowest BCUT2D eigenvalue weighted by molar-refractivity contribution is -0.133. The fourth-order valence-electron chi connectivity index (χ4n) is 5.38. The van der Waals surface area contributed by atoms with Crippen molar-refractivity contribution in [1.82, 2.24) is 29.9 Å². The molecule has 2 atom stereocenters. The van der Waals surface area contributed by atoms with Gasteiger partial charge in [-0.3, -0.25) is 15.0 Å². The van der Waals surface area contributed by atoms with E-state index in [1.165, 1.54) is 20.5 Å². The van der Waals surface area contributed by atoms with Gasteiger partial charge in [0, 0.05) is 61.6 Å². The van der Waals surface area contributed by atoms with Crippen molar-refractivity contribution in [3.8, 4) is 0 Å². The monoisotopic (exact) mass is 654 g/mol. The number of nitrogens with one attached hydrogen (secondary N) is 2. The van der Waals surface area contributed by atoms with Crippen molar-refractivity contribution in [3.05, 3.63) is 57.0 Å². The van der Waals surface area contributed by atoms with Gasteiger partial charge >= 0.3 is 0 Å². The Balaban J connectivity index is 0.00000353. The molecule has 0 aliphatic carbocycles. The summed E-state index contributed by atoms with van der Waals surface area (Å²) < 4.78 is 34.2. The zero-order chi connectivity index (χ0) is 28.7. The van der Waals surface area contributed by atoms with E-state index in [-0.39, 0.29) is 48.9 Å². The third kappa shape index (κ3) is 6.29. The van der Waals surface area contributed by atoms with E-state index in [4.69, 9.17) is 16.3 Å². The van der Waals surface area contributed by atoms with Crippen LogP contribution in [0.4, 0.5) is 0 Å². The second-order valence-electron chi connectivity index (χ2n) is 10.5. The van der Waals surface area contributed by atoms with E-state index >= 15 is 0 Å². The fraction of sp³-hybridized carbons (Fsp3) is 0.444. The molecule has 3 aliphatic heterocycles. The summed E-state index contributed by atoms with van der Waals surface area (Å²) in [4.78, 5) is 34.6. The van der Waals surface area contributed by atoms with Crippen LogP contribution in [-0.4, -0.2) is 97.5 Å². The number of carbonyl (C=O) groups excluding carboxylic acids is 2. The van der Waals surface area contributed by atoms with Crippen LogP contribution >= 0.6 is 35.3 Å². The summed E-state index contributed by atoms with van der Waals surface area (Å²) in [6.07, 6.45) is 0.726. The number of sulfonamides is 1. The largest absolute Gasteiger partial charge is 0.379 e. The molecule has 6 rings (SSSR count). The summed E-state index contributed by atoms with van der Waals surface area (Å²) in [5.74, 6) is -0.802. The van der Waals surface area contributed by atoms with Crippen LogP contribution in [0.2, 0.25) is 5.02 Å². The van der Waals surface area contributed by atoms with Crippen LogP contribution in [0.15, 0.2) is 41.3 Å². The predicted molar refractivity (Wildman–Crippen MR) is 162 cm³/mol. The van der Waals surface area contributed by atoms with Gasteiger partial charge in [-0.05, 0) is 42.0 Å². The highest BCUT2D eigenvalue weighted by molar-refractivity contribution is 7.89. The minimum absolute atomic E-state index is 0. The lowest BCUT2D eigenvalue weighted by Crippen LogP contribution is -2.63. The summed E-state index contributed by atoms with van der Waals surface area (Å²) in [6.45, 7) is 4.59. The number of fused-ring (bicyclic) bond motifs is 2. The number of morpholine rings is 1. The molecule has 42 heavy (non-hydrogen) atoms. The number of rotatable bonds is 5. The molecule has 3 aromatic rings. The summed E-state index contributed by atoms with van der Waals surface area (Å²) in [5.41, 5.74) is 3.78. The SMILES string of the molecule is CC1Cc2nc(C(=O)N3CCN(S(=O)(=O)c4ccc5cc(Cl)ccc5c4)CC3C(=O)NN3CCOCC3)sc2CN1.Cl. The molecule has 3 aliphatic rings. The lowest BCUT2D eigenvalue weighted by Gasteiger charge is -2.40. The van der Waals surface area contributed by atoms with E-state index in [0.717, 1.165) is 27.8 Å². The van der Waals surface area contributed by atoms with Gasteiger partial charge in [0.1, 0.15) is 6.04 Å². The van der Waals surface area contributed by atoms with Crippen LogP contribution in [-0.2, 0) is 32.5 Å². The summed E-state index contributed by atoms with van der Waals surface area (Å²) in [5, 5.41) is 7.57. The summed E-state index contributed by atoms with van der Waals surface area (Å²) in [6, 6.07) is 9.36. The number of ether oxygens (including phenoxy) is 1. The number of halogens is 2. The Labute approximate surface area is 259 Å². The molecule has 0 saturated carbocycles. The maximum Gasteiger partial charge on any atom is 0.283 e. The number of thiazole rings is 1. The van der Waals surface area contributed by atoms with Gasteiger partial charge in [0.05, 0.1) is 23.8 Å². The normalized spacial score (nSPS) is 21.9. The van der Waals surface area contributed by atoms with Gasteiger partial charge < -0.3 is 15.0 Å². The molecule has 2 fully saturated rings. The molecule has 2 N–H and O–H groups in total. The molecule has 0 bridgehead atoms. The summed E-state index contributed by atoms with van der Waals surface area (Å²) in [7, 11) is -3.96. The molecule has 2 unspecified atom stereocenters. The number of benzene rings is 2. The molecule has 15 heteroatoms. The number of hydrogen-bond donors (Lipinski definition) is 2. The standard InChI is InChI=1S/C27H31ClN6O5S2.ClH/c1-17-12-22-24(15-29-17)40-26(30-22)27(36)34-7-6-33(16-23(34)25(35)31-32-8-10-39-11-9-32)41(37,38)21-5-3-18-13-20(28)4-2-19(18)14-21;/h2-5,13-14,17,23,29H,6-12,15-16H2,1H3,(H,31,35);1H. The molecule has 0 spiro atoms. The Morgan fingerprint density at radius 3 is 2.62 bits per heavy atom. The molecule has 226 valence electrons. The number of aromatic nitrogens is 1. The first-order valence-corrected chi connectivity index (χ1v) is 16.2. The van der Waals surface area contributed by atoms with E-state index < -0.39 is 22.0 Å². The second kappa shape index (κ2) is 12.7. The average molecular weight is 656 g/mol. The second-order valence-corrected chi connectivity index (χ2v) is 13.9. The quantitative estimate of drug-likeness (QED) is 0.430. The Morgan fingerprint density at radius 2 is 1.83 bits per heavy atom. The van der Waals surface area contributed by atoms with E-state index in [1.54, 1.807) is 41.4 Å². The molecule has 1 aromatic heterocycles. The van der Waals surface area contributed by atoms with Gasteiger partial charge in [0.2, 0.25) is 10.0 Å². The van der Waals surface area contributed by atoms with Crippen LogP contribution in [0.1, 0.15) is 27.3 Å². The predicted octanol–water partition coefficient (Wildman–Crippen LogP) is 2.28. The van der Waals surface area contributed by atoms with Crippen LogP contribution in [0, 0.1) is 0 Å². The van der Waals surface area contributed by atoms with E-state index in [2.05, 4.69) is 22.7 Å². The van der Waals surface area contributed by atoms with E-state index in [9.17, 15) is 18.0 Å². The first-order valence-electron chi connectivity index (χ1n) is 13.5. The third-order valence-corrected chi connectivity index (χ3v) is 10.9. The van der Waals surface area contributed by atoms with Gasteiger partial charge in [0.25, 0.3) is 11.8 Å². The lowest BCUT2D eigenvalue weighted by atomic mass is 10.1. The van der Waals surface area contributed by atoms with Crippen LogP contribution < -0.4 is 10.7 Å². The Morgan fingerprint density at radius 1 is 1.10 bits per heavy atom. The number of hydrazine groups is 1. The number of nitrogens with zero attached hydrogens (tertiary/aromatic N) is 4. The van der Waals surface area contributed by atoms with Gasteiger partial charge in [-0.1, -0.05) is 23.7 Å². The van der Waals surface area contributed by atoms with Crippen LogP contribution in [0.25, 0.3) is 10.8 Å². The molecule has 0 radical (unpaired) electrons. The third-order valence-electron chi connectivity index (χ3n) is 7.67. The number of carbonyl (C=O) groups is 2. The van der Waals surface area contributed by atoms with Crippen LogP contribution in [0.3, 0.4) is 0 Å². The van der Waals surface area contributed by atoms with Gasteiger partial charge in [-0.15, -0.1) is 23.7 Å².